The van der Waals surface area contributed by atoms with Gasteiger partial charge in [0.05, 0.1) is 5.69 Å². The van der Waals surface area contributed by atoms with Gasteiger partial charge in [-0.05, 0) is 54.8 Å². The second-order valence-corrected chi connectivity index (χ2v) is 6.13. The fourth-order valence-corrected chi connectivity index (χ4v) is 3.54. The maximum Gasteiger partial charge on any atom is 0.193 e. The van der Waals surface area contributed by atoms with Crippen molar-refractivity contribution < 1.29 is 14.0 Å². The van der Waals surface area contributed by atoms with Crippen LogP contribution < -0.4 is 4.90 Å². The van der Waals surface area contributed by atoms with E-state index < -0.39 is 0 Å². The Morgan fingerprint density at radius 3 is 2.57 bits per heavy atom. The number of carbonyl (C=O) groups excluding carboxylic acids is 2. The number of Topliss-reactive ketones (excluding diaryl/α,β-unsaturated/α-hetero) is 1. The molecule has 0 amide bonds. The topological polar surface area (TPSA) is 37.4 Å². The normalized spacial score (nSPS) is 16.2. The lowest BCUT2D eigenvalue weighted by molar-refractivity contribution is 0.0979. The maximum atomic E-state index is 13.0. The van der Waals surface area contributed by atoms with Crippen LogP contribution in [0.15, 0.2) is 36.4 Å². The third-order valence-corrected chi connectivity index (χ3v) is 4.66. The predicted octanol–water partition coefficient (Wildman–Crippen LogP) is 3.40. The van der Waals surface area contributed by atoms with Crippen LogP contribution in [0.5, 0.6) is 0 Å². The molecule has 4 heteroatoms. The summed E-state index contributed by atoms with van der Waals surface area (Å²) < 4.78 is 13.0. The van der Waals surface area contributed by atoms with Crippen LogP contribution >= 0.6 is 0 Å². The first kappa shape index (κ1) is 14.1. The average Bonchev–Trinajstić information content (AvgIpc) is 2.58. The van der Waals surface area contributed by atoms with Gasteiger partial charge in [-0.3, -0.25) is 9.59 Å². The molecule has 0 aromatic heterocycles. The molecule has 23 heavy (non-hydrogen) atoms. The van der Waals surface area contributed by atoms with E-state index in [1.54, 1.807) is 6.07 Å². The minimum absolute atomic E-state index is 0.105. The number of hydrogen-bond donors (Lipinski definition) is 0. The Bertz CT molecular complexity index is 811. The van der Waals surface area contributed by atoms with E-state index in [1.807, 2.05) is 6.07 Å². The van der Waals surface area contributed by atoms with Crippen molar-refractivity contribution in [3.63, 3.8) is 0 Å². The zero-order valence-corrected chi connectivity index (χ0v) is 12.6. The molecule has 2 aliphatic rings. The summed E-state index contributed by atoms with van der Waals surface area (Å²) >= 11 is 0. The number of aryl methyl sites for hydroxylation is 1. The summed E-state index contributed by atoms with van der Waals surface area (Å²) in [5.41, 5.74) is 3.71. The van der Waals surface area contributed by atoms with Gasteiger partial charge in [0.25, 0.3) is 0 Å². The molecule has 0 radical (unpaired) electrons. The van der Waals surface area contributed by atoms with Crippen molar-refractivity contribution in [2.24, 2.45) is 0 Å². The van der Waals surface area contributed by atoms with E-state index in [0.29, 0.717) is 23.1 Å². The smallest absolute Gasteiger partial charge is 0.193 e. The molecule has 0 spiro atoms. The van der Waals surface area contributed by atoms with Crippen molar-refractivity contribution in [2.75, 3.05) is 18.0 Å². The molecule has 2 aromatic rings. The Hall–Kier alpha value is -2.49. The molecule has 2 heterocycles. The molecule has 0 saturated carbocycles. The van der Waals surface area contributed by atoms with Gasteiger partial charge in [0.2, 0.25) is 0 Å². The molecule has 0 atom stereocenters. The summed E-state index contributed by atoms with van der Waals surface area (Å²) in [6.45, 7) is 1.74. The number of hydrogen-bond acceptors (Lipinski definition) is 3. The van der Waals surface area contributed by atoms with E-state index >= 15 is 0 Å². The van der Waals surface area contributed by atoms with Crippen molar-refractivity contribution in [1.29, 1.82) is 0 Å². The highest BCUT2D eigenvalue weighted by Crippen LogP contribution is 2.36. The van der Waals surface area contributed by atoms with Crippen LogP contribution in [0.4, 0.5) is 10.1 Å². The molecule has 0 unspecified atom stereocenters. The first-order valence-corrected chi connectivity index (χ1v) is 7.89. The molecule has 4 rings (SSSR count). The van der Waals surface area contributed by atoms with Gasteiger partial charge in [-0.25, -0.2) is 4.39 Å². The van der Waals surface area contributed by atoms with Gasteiger partial charge in [-0.15, -0.1) is 0 Å². The molecule has 0 aliphatic carbocycles. The van der Waals surface area contributed by atoms with Crippen molar-refractivity contribution in [3.8, 4) is 0 Å². The summed E-state index contributed by atoms with van der Waals surface area (Å²) in [4.78, 5) is 27.2. The molecule has 0 saturated heterocycles. The lowest BCUT2D eigenvalue weighted by Gasteiger charge is -2.36. The third kappa shape index (κ3) is 2.34. The van der Waals surface area contributed by atoms with E-state index in [0.717, 1.165) is 37.2 Å². The number of benzene rings is 2. The number of carbonyl (C=O) groups is 2. The van der Waals surface area contributed by atoms with Crippen molar-refractivity contribution in [2.45, 2.75) is 19.3 Å². The number of halogens is 1. The lowest BCUT2D eigenvalue weighted by atomic mass is 9.88. The Balaban J connectivity index is 1.81. The first-order chi connectivity index (χ1) is 11.1. The van der Waals surface area contributed by atoms with E-state index in [9.17, 15) is 14.0 Å². The van der Waals surface area contributed by atoms with Crippen LogP contribution in [-0.4, -0.2) is 24.7 Å². The van der Waals surface area contributed by atoms with E-state index in [4.69, 9.17) is 0 Å². The van der Waals surface area contributed by atoms with Crippen LogP contribution in [0.2, 0.25) is 0 Å². The number of ketones is 2. The van der Waals surface area contributed by atoms with Gasteiger partial charge in [-0.1, -0.05) is 0 Å². The summed E-state index contributed by atoms with van der Waals surface area (Å²) in [5.74, 6) is -0.430. The minimum atomic E-state index is -0.368. The number of rotatable bonds is 2. The average molecular weight is 309 g/mol. The summed E-state index contributed by atoms with van der Waals surface area (Å²) in [5, 5.41) is 0. The quantitative estimate of drug-likeness (QED) is 0.798. The number of nitrogens with zero attached hydrogens (tertiary/aromatic N) is 1. The zero-order chi connectivity index (χ0) is 16.0. The standard InChI is InChI=1S/C19H16FNO2/c20-15-5-3-12(4-6-15)19(23)14-10-13-2-1-8-21-9-7-17(22)16(11-14)18(13)21/h3-6,10-11H,1-2,7-9H2. The largest absolute Gasteiger partial charge is 0.370 e. The Morgan fingerprint density at radius 1 is 1.00 bits per heavy atom. The van der Waals surface area contributed by atoms with Crippen LogP contribution in [0.25, 0.3) is 0 Å². The van der Waals surface area contributed by atoms with Crippen molar-refractivity contribution in [1.82, 2.24) is 0 Å². The van der Waals surface area contributed by atoms with Gasteiger partial charge in [-0.2, -0.15) is 0 Å². The maximum absolute atomic E-state index is 13.0. The molecule has 0 fully saturated rings. The molecule has 0 bridgehead atoms. The highest BCUT2D eigenvalue weighted by molar-refractivity contribution is 6.12. The summed E-state index contributed by atoms with van der Waals surface area (Å²) in [6, 6.07) is 9.14. The Labute approximate surface area is 133 Å². The molecular weight excluding hydrogens is 293 g/mol. The van der Waals surface area contributed by atoms with E-state index in [1.165, 1.54) is 24.3 Å². The Morgan fingerprint density at radius 2 is 1.78 bits per heavy atom. The highest BCUT2D eigenvalue weighted by atomic mass is 19.1. The SMILES string of the molecule is O=C(c1ccc(F)cc1)c1cc2c3c(c1)C(=O)CCN3CCC2. The fourth-order valence-electron chi connectivity index (χ4n) is 3.54. The van der Waals surface area contributed by atoms with Gasteiger partial charge in [0, 0.05) is 36.2 Å². The van der Waals surface area contributed by atoms with Crippen molar-refractivity contribution >= 4 is 17.3 Å². The molecule has 2 aromatic carbocycles. The molecule has 0 N–H and O–H groups in total. The predicted molar refractivity (Wildman–Crippen MR) is 85.8 cm³/mol. The van der Waals surface area contributed by atoms with E-state index in [-0.39, 0.29) is 17.4 Å². The van der Waals surface area contributed by atoms with Gasteiger partial charge < -0.3 is 4.90 Å². The molecule has 116 valence electrons. The molecule has 3 nitrogen and oxygen atoms in total. The molecule has 2 aliphatic heterocycles. The fraction of sp³-hybridized carbons (Fsp3) is 0.263. The summed E-state index contributed by atoms with van der Waals surface area (Å²) in [6.07, 6.45) is 2.42. The van der Waals surface area contributed by atoms with Gasteiger partial charge in [0.1, 0.15) is 5.82 Å². The van der Waals surface area contributed by atoms with Crippen LogP contribution in [0.1, 0.15) is 44.7 Å². The summed E-state index contributed by atoms with van der Waals surface area (Å²) in [7, 11) is 0. The van der Waals surface area contributed by atoms with E-state index in [2.05, 4.69) is 4.90 Å². The molecular formula is C19H16FNO2. The van der Waals surface area contributed by atoms with Crippen LogP contribution in [-0.2, 0) is 6.42 Å². The minimum Gasteiger partial charge on any atom is -0.370 e. The monoisotopic (exact) mass is 309 g/mol. The lowest BCUT2D eigenvalue weighted by Crippen LogP contribution is -2.36. The van der Waals surface area contributed by atoms with Gasteiger partial charge in [0.15, 0.2) is 11.6 Å². The van der Waals surface area contributed by atoms with Crippen molar-refractivity contribution in [3.05, 3.63) is 64.5 Å². The van der Waals surface area contributed by atoms with Crippen LogP contribution in [0.3, 0.4) is 0 Å². The highest BCUT2D eigenvalue weighted by Gasteiger charge is 2.29. The second kappa shape index (κ2) is 5.30. The zero-order valence-electron chi connectivity index (χ0n) is 12.6. The second-order valence-electron chi connectivity index (χ2n) is 6.13. The van der Waals surface area contributed by atoms with Crippen LogP contribution in [0, 0.1) is 5.82 Å². The number of anilines is 1. The first-order valence-electron chi connectivity index (χ1n) is 7.89. The van der Waals surface area contributed by atoms with Gasteiger partial charge >= 0.3 is 0 Å². The third-order valence-electron chi connectivity index (χ3n) is 4.66. The Kier molecular flexibility index (Phi) is 3.26.